The summed E-state index contributed by atoms with van der Waals surface area (Å²) in [6.45, 7) is 2.11. The van der Waals surface area contributed by atoms with Crippen molar-refractivity contribution in [1.29, 1.82) is 5.26 Å². The maximum Gasteiger partial charge on any atom is 0.262 e. The number of carbonyl (C=O) groups is 1. The molecule has 1 aliphatic rings. The van der Waals surface area contributed by atoms with Crippen LogP contribution in [0.2, 0.25) is 0 Å². The highest BCUT2D eigenvalue weighted by Gasteiger charge is 2.24. The number of fused-ring (bicyclic) bond motifs is 1. The number of hydrogen-bond acceptors (Lipinski definition) is 4. The van der Waals surface area contributed by atoms with Gasteiger partial charge in [-0.3, -0.25) is 4.79 Å². The van der Waals surface area contributed by atoms with Gasteiger partial charge in [-0.2, -0.15) is 5.26 Å². The van der Waals surface area contributed by atoms with Crippen molar-refractivity contribution < 1.29 is 9.53 Å². The Morgan fingerprint density at radius 1 is 1.48 bits per heavy atom. The fraction of sp³-hybridized carbons (Fsp3) is 0.333. The van der Waals surface area contributed by atoms with Crippen LogP contribution in [0.25, 0.3) is 0 Å². The SMILES string of the molecule is CC1CCc2c(sc(NC(=O)COc3ccc(Br)cc3Br)c2C#N)C1. The molecule has 1 atom stereocenters. The summed E-state index contributed by atoms with van der Waals surface area (Å²) in [6.07, 6.45) is 2.98. The van der Waals surface area contributed by atoms with Crippen molar-refractivity contribution in [3.63, 3.8) is 0 Å². The van der Waals surface area contributed by atoms with Crippen LogP contribution in [-0.4, -0.2) is 12.5 Å². The van der Waals surface area contributed by atoms with Crippen LogP contribution in [-0.2, 0) is 17.6 Å². The lowest BCUT2D eigenvalue weighted by Gasteiger charge is -2.17. The Bertz CT molecular complexity index is 857. The first-order valence-corrected chi connectivity index (χ1v) is 10.3. The number of thiophene rings is 1. The summed E-state index contributed by atoms with van der Waals surface area (Å²) in [6, 6.07) is 7.74. The lowest BCUT2D eigenvalue weighted by atomic mass is 9.89. The standard InChI is InChI=1S/C18H16Br2N2O2S/c1-10-2-4-12-13(8-21)18(25-16(12)6-10)22-17(23)9-24-15-5-3-11(19)7-14(15)20/h3,5,7,10H,2,4,6,9H2,1H3,(H,22,23). The molecule has 7 heteroatoms. The molecule has 25 heavy (non-hydrogen) atoms. The van der Waals surface area contributed by atoms with Crippen LogP contribution in [0.3, 0.4) is 0 Å². The summed E-state index contributed by atoms with van der Waals surface area (Å²) in [5, 5.41) is 13.0. The lowest BCUT2D eigenvalue weighted by Crippen LogP contribution is -2.20. The maximum atomic E-state index is 12.2. The summed E-state index contributed by atoms with van der Waals surface area (Å²) in [5.41, 5.74) is 1.72. The van der Waals surface area contributed by atoms with E-state index in [1.165, 1.54) is 16.2 Å². The second-order valence-electron chi connectivity index (χ2n) is 6.08. The third-order valence-corrected chi connectivity index (χ3v) is 6.41. The zero-order valence-corrected chi connectivity index (χ0v) is 17.6. The van der Waals surface area contributed by atoms with Crippen molar-refractivity contribution in [3.8, 4) is 11.8 Å². The molecule has 2 aromatic rings. The predicted molar refractivity (Wildman–Crippen MR) is 106 cm³/mol. The molecule has 0 saturated heterocycles. The third-order valence-electron chi connectivity index (χ3n) is 4.13. The maximum absolute atomic E-state index is 12.2. The van der Waals surface area contributed by atoms with E-state index >= 15 is 0 Å². The number of anilines is 1. The largest absolute Gasteiger partial charge is 0.483 e. The molecule has 0 radical (unpaired) electrons. The van der Waals surface area contributed by atoms with Crippen LogP contribution in [0.4, 0.5) is 5.00 Å². The van der Waals surface area contributed by atoms with Crippen molar-refractivity contribution in [2.45, 2.75) is 26.2 Å². The van der Waals surface area contributed by atoms with Gasteiger partial charge in [0, 0.05) is 9.35 Å². The highest BCUT2D eigenvalue weighted by Crippen LogP contribution is 2.39. The van der Waals surface area contributed by atoms with E-state index in [4.69, 9.17) is 4.74 Å². The van der Waals surface area contributed by atoms with Gasteiger partial charge in [0.1, 0.15) is 16.8 Å². The summed E-state index contributed by atoms with van der Waals surface area (Å²) in [7, 11) is 0. The second-order valence-corrected chi connectivity index (χ2v) is 8.95. The highest BCUT2D eigenvalue weighted by molar-refractivity contribution is 9.11. The number of nitriles is 1. The molecule has 1 N–H and O–H groups in total. The molecule has 0 aliphatic heterocycles. The number of benzene rings is 1. The van der Waals surface area contributed by atoms with Crippen LogP contribution in [0.15, 0.2) is 27.1 Å². The number of hydrogen-bond donors (Lipinski definition) is 1. The van der Waals surface area contributed by atoms with Crippen LogP contribution in [0.1, 0.15) is 29.3 Å². The van der Waals surface area contributed by atoms with Gasteiger partial charge in [-0.05, 0) is 64.9 Å². The molecule has 1 aromatic heterocycles. The Kier molecular flexibility index (Phi) is 5.82. The number of ether oxygens (including phenoxy) is 1. The minimum Gasteiger partial charge on any atom is -0.483 e. The lowest BCUT2D eigenvalue weighted by molar-refractivity contribution is -0.118. The van der Waals surface area contributed by atoms with Crippen molar-refractivity contribution >= 4 is 54.1 Å². The zero-order valence-electron chi connectivity index (χ0n) is 13.6. The molecular formula is C18H16Br2N2O2S. The molecule has 3 rings (SSSR count). The average molecular weight is 484 g/mol. The van der Waals surface area contributed by atoms with Gasteiger partial charge < -0.3 is 10.1 Å². The van der Waals surface area contributed by atoms with E-state index in [1.807, 2.05) is 12.1 Å². The summed E-state index contributed by atoms with van der Waals surface area (Å²) < 4.78 is 7.26. The van der Waals surface area contributed by atoms with E-state index < -0.39 is 0 Å². The fourth-order valence-electron chi connectivity index (χ4n) is 2.86. The first-order valence-electron chi connectivity index (χ1n) is 7.90. The third kappa shape index (κ3) is 4.25. The predicted octanol–water partition coefficient (Wildman–Crippen LogP) is 5.29. The minimum atomic E-state index is -0.266. The van der Waals surface area contributed by atoms with E-state index in [0.29, 0.717) is 22.2 Å². The van der Waals surface area contributed by atoms with E-state index in [1.54, 1.807) is 6.07 Å². The number of carbonyl (C=O) groups excluding carboxylic acids is 1. The molecule has 1 aromatic carbocycles. The van der Waals surface area contributed by atoms with Gasteiger partial charge >= 0.3 is 0 Å². The van der Waals surface area contributed by atoms with Crippen LogP contribution < -0.4 is 10.1 Å². The van der Waals surface area contributed by atoms with Gasteiger partial charge in [0.15, 0.2) is 6.61 Å². The molecule has 1 heterocycles. The normalized spacial score (nSPS) is 16.0. The van der Waals surface area contributed by atoms with Gasteiger partial charge in [0.25, 0.3) is 5.91 Å². The average Bonchev–Trinajstić information content (AvgIpc) is 2.89. The summed E-state index contributed by atoms with van der Waals surface area (Å²) in [4.78, 5) is 13.5. The Labute approximate surface area is 167 Å². The zero-order chi connectivity index (χ0) is 18.0. The van der Waals surface area contributed by atoms with E-state index in [9.17, 15) is 10.1 Å². The molecule has 0 saturated carbocycles. The summed E-state index contributed by atoms with van der Waals surface area (Å²) in [5.74, 6) is 0.954. The number of nitrogens with one attached hydrogen (secondary N) is 1. The van der Waals surface area contributed by atoms with Gasteiger partial charge in [-0.25, -0.2) is 0 Å². The van der Waals surface area contributed by atoms with Crippen molar-refractivity contribution in [2.75, 3.05) is 11.9 Å². The van der Waals surface area contributed by atoms with Crippen LogP contribution in [0, 0.1) is 17.2 Å². The Morgan fingerprint density at radius 3 is 3.00 bits per heavy atom. The number of amides is 1. The quantitative estimate of drug-likeness (QED) is 0.642. The summed E-state index contributed by atoms with van der Waals surface area (Å²) >= 11 is 8.30. The van der Waals surface area contributed by atoms with Gasteiger partial charge in [-0.1, -0.05) is 22.9 Å². The molecule has 1 unspecified atom stereocenters. The molecule has 1 aliphatic carbocycles. The van der Waals surface area contributed by atoms with Gasteiger partial charge in [0.05, 0.1) is 10.0 Å². The number of halogens is 2. The van der Waals surface area contributed by atoms with Crippen molar-refractivity contribution in [2.24, 2.45) is 5.92 Å². The molecule has 0 fully saturated rings. The van der Waals surface area contributed by atoms with E-state index in [0.717, 1.165) is 33.8 Å². The molecule has 0 bridgehead atoms. The van der Waals surface area contributed by atoms with Gasteiger partial charge in [-0.15, -0.1) is 11.3 Å². The molecule has 1 amide bonds. The van der Waals surface area contributed by atoms with Crippen LogP contribution >= 0.6 is 43.2 Å². The Morgan fingerprint density at radius 2 is 2.28 bits per heavy atom. The monoisotopic (exact) mass is 482 g/mol. The van der Waals surface area contributed by atoms with E-state index in [-0.39, 0.29) is 12.5 Å². The number of nitrogens with zero attached hydrogens (tertiary/aromatic N) is 1. The molecule has 4 nitrogen and oxygen atoms in total. The molecule has 130 valence electrons. The fourth-order valence-corrected chi connectivity index (χ4v) is 5.39. The minimum absolute atomic E-state index is 0.107. The molecule has 0 spiro atoms. The van der Waals surface area contributed by atoms with Gasteiger partial charge in [0.2, 0.25) is 0 Å². The topological polar surface area (TPSA) is 62.1 Å². The van der Waals surface area contributed by atoms with E-state index in [2.05, 4.69) is 50.2 Å². The second kappa shape index (κ2) is 7.90. The Balaban J connectivity index is 1.68. The number of rotatable bonds is 4. The smallest absolute Gasteiger partial charge is 0.262 e. The van der Waals surface area contributed by atoms with Crippen LogP contribution in [0.5, 0.6) is 5.75 Å². The van der Waals surface area contributed by atoms with Crippen molar-refractivity contribution in [1.82, 2.24) is 0 Å². The van der Waals surface area contributed by atoms with Crippen molar-refractivity contribution in [3.05, 3.63) is 43.1 Å². The first kappa shape index (κ1) is 18.4. The Hall–Kier alpha value is -1.36. The first-order chi connectivity index (χ1) is 12.0. The highest BCUT2D eigenvalue weighted by atomic mass is 79.9. The molecular weight excluding hydrogens is 468 g/mol.